The lowest BCUT2D eigenvalue weighted by Gasteiger charge is -2.22. The van der Waals surface area contributed by atoms with Gasteiger partial charge in [0.15, 0.2) is 0 Å². The summed E-state index contributed by atoms with van der Waals surface area (Å²) < 4.78 is 37.1. The first-order chi connectivity index (χ1) is 8.66. The minimum atomic E-state index is -4.34. The third kappa shape index (κ3) is 4.24. The molecule has 0 fully saturated rings. The molecular weight excluding hydrogens is 257 g/mol. The molecule has 1 aromatic rings. The maximum atomic E-state index is 12.4. The van der Waals surface area contributed by atoms with Crippen molar-refractivity contribution < 1.29 is 18.0 Å². The van der Waals surface area contributed by atoms with E-state index in [1.165, 1.54) is 12.1 Å². The molecule has 1 amide bonds. The number of nitrogens with one attached hydrogen (secondary N) is 2. The average molecular weight is 274 g/mol. The fourth-order valence-electron chi connectivity index (χ4n) is 1.33. The summed E-state index contributed by atoms with van der Waals surface area (Å²) in [6.45, 7) is 3.63. The summed E-state index contributed by atoms with van der Waals surface area (Å²) >= 11 is 0. The van der Waals surface area contributed by atoms with E-state index in [0.717, 1.165) is 12.1 Å². The van der Waals surface area contributed by atoms with Crippen LogP contribution in [-0.4, -0.2) is 18.5 Å². The molecule has 19 heavy (non-hydrogen) atoms. The Bertz CT molecular complexity index is 438. The molecule has 3 nitrogen and oxygen atoms in total. The van der Waals surface area contributed by atoms with Gasteiger partial charge in [-0.3, -0.25) is 4.79 Å². The van der Waals surface area contributed by atoms with E-state index in [0.29, 0.717) is 5.56 Å². The molecule has 6 heteroatoms. The molecule has 0 heterocycles. The predicted molar refractivity (Wildman–Crippen MR) is 66.4 cm³/mol. The van der Waals surface area contributed by atoms with E-state index in [9.17, 15) is 18.0 Å². The fraction of sp³-hybridized carbons (Fsp3) is 0.462. The normalized spacial score (nSPS) is 12.3. The lowest BCUT2D eigenvalue weighted by molar-refractivity contribution is -0.137. The molecule has 0 unspecified atom stereocenters. The van der Waals surface area contributed by atoms with Crippen LogP contribution >= 0.6 is 0 Å². The Kier molecular flexibility index (Phi) is 4.57. The van der Waals surface area contributed by atoms with Crippen LogP contribution in [0.4, 0.5) is 13.2 Å². The van der Waals surface area contributed by atoms with Gasteiger partial charge in [-0.1, -0.05) is 12.1 Å². The van der Waals surface area contributed by atoms with Crippen molar-refractivity contribution in [2.24, 2.45) is 0 Å². The third-order valence-corrected chi connectivity index (χ3v) is 2.93. The Morgan fingerprint density at radius 3 is 2.11 bits per heavy atom. The van der Waals surface area contributed by atoms with Gasteiger partial charge in [-0.05, 0) is 38.6 Å². The highest BCUT2D eigenvalue weighted by molar-refractivity contribution is 5.85. The molecule has 0 aromatic heterocycles. The molecule has 106 valence electrons. The summed E-state index contributed by atoms with van der Waals surface area (Å²) in [4.78, 5) is 11.7. The summed E-state index contributed by atoms with van der Waals surface area (Å²) in [5.74, 6) is -0.213. The number of hydrogen-bond acceptors (Lipinski definition) is 2. The van der Waals surface area contributed by atoms with E-state index in [-0.39, 0.29) is 12.5 Å². The number of rotatable bonds is 4. The van der Waals surface area contributed by atoms with E-state index in [1.54, 1.807) is 20.9 Å². The molecule has 0 atom stereocenters. The Morgan fingerprint density at radius 2 is 1.68 bits per heavy atom. The Balaban J connectivity index is 2.63. The lowest BCUT2D eigenvalue weighted by Crippen LogP contribution is -2.50. The molecular formula is C13H17F3N2O. The van der Waals surface area contributed by atoms with Gasteiger partial charge in [0, 0.05) is 6.54 Å². The number of amides is 1. The third-order valence-electron chi connectivity index (χ3n) is 2.93. The quantitative estimate of drug-likeness (QED) is 0.884. The molecule has 0 aliphatic carbocycles. The van der Waals surface area contributed by atoms with Crippen LogP contribution in [0.3, 0.4) is 0 Å². The molecule has 0 spiro atoms. The second kappa shape index (κ2) is 5.61. The van der Waals surface area contributed by atoms with Crippen LogP contribution in [-0.2, 0) is 17.5 Å². The van der Waals surface area contributed by atoms with Crippen molar-refractivity contribution in [2.75, 3.05) is 7.05 Å². The molecule has 1 rings (SSSR count). The highest BCUT2D eigenvalue weighted by Gasteiger charge is 2.30. The second-order valence-electron chi connectivity index (χ2n) is 4.75. The van der Waals surface area contributed by atoms with Gasteiger partial charge in [0.25, 0.3) is 0 Å². The lowest BCUT2D eigenvalue weighted by atomic mass is 10.0. The van der Waals surface area contributed by atoms with E-state index in [1.807, 2.05) is 0 Å². The number of likely N-dealkylation sites (N-methyl/N-ethyl adjacent to an activating group) is 1. The van der Waals surface area contributed by atoms with E-state index < -0.39 is 17.3 Å². The fourth-order valence-corrected chi connectivity index (χ4v) is 1.33. The summed E-state index contributed by atoms with van der Waals surface area (Å²) in [5, 5.41) is 5.51. The molecule has 2 N–H and O–H groups in total. The predicted octanol–water partition coefficient (Wildman–Crippen LogP) is 2.32. The van der Waals surface area contributed by atoms with Gasteiger partial charge in [0.05, 0.1) is 11.1 Å². The second-order valence-corrected chi connectivity index (χ2v) is 4.75. The smallest absolute Gasteiger partial charge is 0.350 e. The first-order valence-electron chi connectivity index (χ1n) is 5.80. The van der Waals surface area contributed by atoms with Crippen LogP contribution in [0.15, 0.2) is 24.3 Å². The number of alkyl halides is 3. The number of hydrogen-bond donors (Lipinski definition) is 2. The zero-order valence-corrected chi connectivity index (χ0v) is 11.1. The maximum absolute atomic E-state index is 12.4. The van der Waals surface area contributed by atoms with Crippen molar-refractivity contribution in [3.63, 3.8) is 0 Å². The standard InChI is InChI=1S/C13H17F3N2O/c1-12(2,17-3)11(19)18-8-9-4-6-10(7-5-9)13(14,15)16/h4-7,17H,8H2,1-3H3,(H,18,19). The van der Waals surface area contributed by atoms with E-state index in [2.05, 4.69) is 10.6 Å². The highest BCUT2D eigenvalue weighted by Crippen LogP contribution is 2.29. The molecule has 0 saturated heterocycles. The van der Waals surface area contributed by atoms with Crippen molar-refractivity contribution in [2.45, 2.75) is 32.1 Å². The molecule has 0 bridgehead atoms. The van der Waals surface area contributed by atoms with Gasteiger partial charge in [-0.25, -0.2) is 0 Å². The van der Waals surface area contributed by atoms with Crippen molar-refractivity contribution in [3.05, 3.63) is 35.4 Å². The van der Waals surface area contributed by atoms with Crippen LogP contribution in [0.2, 0.25) is 0 Å². The SMILES string of the molecule is CNC(C)(C)C(=O)NCc1ccc(C(F)(F)F)cc1. The number of carbonyl (C=O) groups excluding carboxylic acids is 1. The highest BCUT2D eigenvalue weighted by atomic mass is 19.4. The monoisotopic (exact) mass is 274 g/mol. The van der Waals surface area contributed by atoms with E-state index in [4.69, 9.17) is 0 Å². The number of benzene rings is 1. The van der Waals surface area contributed by atoms with Crippen LogP contribution in [0.5, 0.6) is 0 Å². The summed E-state index contributed by atoms with van der Waals surface area (Å²) in [7, 11) is 1.66. The van der Waals surface area contributed by atoms with E-state index >= 15 is 0 Å². The number of carbonyl (C=O) groups is 1. The molecule has 0 saturated carbocycles. The molecule has 0 aliphatic rings. The van der Waals surface area contributed by atoms with Gasteiger partial charge in [-0.2, -0.15) is 13.2 Å². The van der Waals surface area contributed by atoms with Crippen molar-refractivity contribution in [1.29, 1.82) is 0 Å². The molecule has 0 aliphatic heterocycles. The molecule has 0 radical (unpaired) electrons. The minimum absolute atomic E-state index is 0.197. The first kappa shape index (κ1) is 15.5. The Hall–Kier alpha value is -1.56. The summed E-state index contributed by atoms with van der Waals surface area (Å²) in [6.07, 6.45) is -4.34. The molecule has 1 aromatic carbocycles. The zero-order valence-electron chi connectivity index (χ0n) is 11.1. The number of halogens is 3. The van der Waals surface area contributed by atoms with Crippen molar-refractivity contribution in [1.82, 2.24) is 10.6 Å². The zero-order chi connectivity index (χ0) is 14.7. The average Bonchev–Trinajstić information content (AvgIpc) is 2.35. The van der Waals surface area contributed by atoms with Crippen molar-refractivity contribution >= 4 is 5.91 Å². The van der Waals surface area contributed by atoms with Crippen LogP contribution < -0.4 is 10.6 Å². The van der Waals surface area contributed by atoms with Gasteiger partial charge in [0.2, 0.25) is 5.91 Å². The van der Waals surface area contributed by atoms with Gasteiger partial charge in [-0.15, -0.1) is 0 Å². The first-order valence-corrected chi connectivity index (χ1v) is 5.80. The topological polar surface area (TPSA) is 41.1 Å². The van der Waals surface area contributed by atoms with Gasteiger partial charge < -0.3 is 10.6 Å². The maximum Gasteiger partial charge on any atom is 0.416 e. The van der Waals surface area contributed by atoms with Gasteiger partial charge in [0.1, 0.15) is 0 Å². The summed E-state index contributed by atoms with van der Waals surface area (Å²) in [5.41, 5.74) is -0.794. The van der Waals surface area contributed by atoms with Crippen LogP contribution in [0.25, 0.3) is 0 Å². The van der Waals surface area contributed by atoms with Gasteiger partial charge >= 0.3 is 6.18 Å². The van der Waals surface area contributed by atoms with Crippen molar-refractivity contribution in [3.8, 4) is 0 Å². The minimum Gasteiger partial charge on any atom is -0.350 e. The Labute approximate surface area is 110 Å². The van der Waals surface area contributed by atoms with Crippen LogP contribution in [0, 0.1) is 0 Å². The Morgan fingerprint density at radius 1 is 1.16 bits per heavy atom. The van der Waals surface area contributed by atoms with Crippen LogP contribution in [0.1, 0.15) is 25.0 Å². The summed E-state index contributed by atoms with van der Waals surface area (Å²) in [6, 6.07) is 4.72. The largest absolute Gasteiger partial charge is 0.416 e.